The van der Waals surface area contributed by atoms with Crippen molar-refractivity contribution in [1.82, 2.24) is 5.32 Å². The molecular formula is C8H15NO7. The smallest absolute Gasteiger partial charge is 0.246 e. The van der Waals surface area contributed by atoms with Crippen LogP contribution in [0.15, 0.2) is 0 Å². The molecule has 16 heavy (non-hydrogen) atoms. The Morgan fingerprint density at radius 2 is 1.81 bits per heavy atom. The first-order valence-corrected chi connectivity index (χ1v) is 4.72. The second kappa shape index (κ2) is 5.53. The number of amides is 1. The molecule has 0 radical (unpaired) electrons. The number of aliphatic hydroxyl groups is 5. The van der Waals surface area contributed by atoms with E-state index in [1.807, 2.05) is 0 Å². The topological polar surface area (TPSA) is 139 Å². The molecule has 6 N–H and O–H groups in total. The minimum absolute atomic E-state index is 0.573. The average molecular weight is 237 g/mol. The van der Waals surface area contributed by atoms with Gasteiger partial charge in [-0.2, -0.15) is 0 Å². The highest BCUT2D eigenvalue weighted by molar-refractivity contribution is 5.77. The summed E-state index contributed by atoms with van der Waals surface area (Å²) in [6, 6.07) is -1.25. The number of carbonyl (C=O) groups excluding carboxylic acids is 1. The first-order valence-electron chi connectivity index (χ1n) is 4.72. The summed E-state index contributed by atoms with van der Waals surface area (Å²) in [7, 11) is 0. The lowest BCUT2D eigenvalue weighted by molar-refractivity contribution is -0.254. The van der Waals surface area contributed by atoms with Crippen LogP contribution in [-0.4, -0.2) is 75.3 Å². The normalized spacial score (nSPS) is 39.4. The zero-order valence-corrected chi connectivity index (χ0v) is 8.35. The molecule has 5 atom stereocenters. The van der Waals surface area contributed by atoms with Crippen molar-refractivity contribution in [3.8, 4) is 0 Å². The van der Waals surface area contributed by atoms with Crippen molar-refractivity contribution in [1.29, 1.82) is 0 Å². The van der Waals surface area contributed by atoms with Crippen LogP contribution in [0.3, 0.4) is 0 Å². The van der Waals surface area contributed by atoms with Gasteiger partial charge in [-0.25, -0.2) is 0 Å². The first kappa shape index (κ1) is 13.3. The van der Waals surface area contributed by atoms with E-state index in [9.17, 15) is 20.1 Å². The van der Waals surface area contributed by atoms with Crippen LogP contribution in [0.1, 0.15) is 0 Å². The van der Waals surface area contributed by atoms with Crippen molar-refractivity contribution in [3.05, 3.63) is 0 Å². The van der Waals surface area contributed by atoms with Gasteiger partial charge in [-0.15, -0.1) is 0 Å². The van der Waals surface area contributed by atoms with E-state index >= 15 is 0 Å². The molecule has 0 aliphatic carbocycles. The van der Waals surface area contributed by atoms with Gasteiger partial charge < -0.3 is 35.6 Å². The van der Waals surface area contributed by atoms with Crippen LogP contribution in [0, 0.1) is 0 Å². The fourth-order valence-electron chi connectivity index (χ4n) is 1.48. The lowest BCUT2D eigenvalue weighted by atomic mass is 9.97. The molecule has 1 heterocycles. The highest BCUT2D eigenvalue weighted by atomic mass is 16.6. The van der Waals surface area contributed by atoms with Crippen LogP contribution < -0.4 is 5.32 Å². The second-order valence-corrected chi connectivity index (χ2v) is 3.48. The maximum absolute atomic E-state index is 10.9. The molecule has 8 nitrogen and oxygen atoms in total. The number of hydrogen-bond acceptors (Lipinski definition) is 7. The molecule has 1 amide bonds. The third kappa shape index (κ3) is 2.67. The van der Waals surface area contributed by atoms with Gasteiger partial charge >= 0.3 is 0 Å². The van der Waals surface area contributed by atoms with Gasteiger partial charge in [0.1, 0.15) is 31.0 Å². The van der Waals surface area contributed by atoms with Gasteiger partial charge in [0, 0.05) is 0 Å². The fraction of sp³-hybridized carbons (Fsp3) is 0.875. The van der Waals surface area contributed by atoms with E-state index in [2.05, 4.69) is 5.32 Å². The van der Waals surface area contributed by atoms with Crippen molar-refractivity contribution < 1.29 is 35.1 Å². The molecule has 0 aromatic rings. The van der Waals surface area contributed by atoms with Crippen molar-refractivity contribution >= 4 is 5.91 Å². The molecule has 8 heteroatoms. The molecule has 0 aromatic heterocycles. The van der Waals surface area contributed by atoms with Gasteiger partial charge in [-0.05, 0) is 0 Å². The maximum atomic E-state index is 10.9. The van der Waals surface area contributed by atoms with Gasteiger partial charge in [0.25, 0.3) is 0 Å². The van der Waals surface area contributed by atoms with Gasteiger partial charge in [0.05, 0.1) is 6.61 Å². The van der Waals surface area contributed by atoms with Crippen LogP contribution in [-0.2, 0) is 9.53 Å². The van der Waals surface area contributed by atoms with E-state index in [0.717, 1.165) is 0 Å². The molecule has 1 saturated heterocycles. The Morgan fingerprint density at radius 1 is 1.19 bits per heavy atom. The van der Waals surface area contributed by atoms with E-state index in [-0.39, 0.29) is 0 Å². The third-order valence-corrected chi connectivity index (χ3v) is 2.37. The number of hydrogen-bond donors (Lipinski definition) is 6. The summed E-state index contributed by atoms with van der Waals surface area (Å²) in [5.74, 6) is -0.818. The molecule has 0 bridgehead atoms. The third-order valence-electron chi connectivity index (χ3n) is 2.37. The number of ether oxygens (including phenoxy) is 1. The van der Waals surface area contributed by atoms with Crippen molar-refractivity contribution in [2.45, 2.75) is 30.6 Å². The van der Waals surface area contributed by atoms with E-state index < -0.39 is 49.8 Å². The standard InChI is InChI=1S/C8H15NO7/c10-1-3-6(13)7(14)5(8(15)16-3)9-4(12)2-11/h3,5-8,10-11,13-15H,1-2H2,(H,9,12)/t3-,5-,6-,7-,8?/m1/s1. The highest BCUT2D eigenvalue weighted by Crippen LogP contribution is 2.19. The Morgan fingerprint density at radius 3 is 2.31 bits per heavy atom. The summed E-state index contributed by atoms with van der Waals surface area (Å²) in [5, 5.41) is 47.8. The summed E-state index contributed by atoms with van der Waals surface area (Å²) in [6.45, 7) is -1.38. The van der Waals surface area contributed by atoms with Crippen LogP contribution in [0.25, 0.3) is 0 Å². The lowest BCUT2D eigenvalue weighted by Gasteiger charge is -2.40. The summed E-state index contributed by atoms with van der Waals surface area (Å²) in [6.07, 6.45) is -5.60. The molecule has 0 saturated carbocycles. The van der Waals surface area contributed by atoms with E-state index in [0.29, 0.717) is 0 Å². The van der Waals surface area contributed by atoms with Gasteiger partial charge in [0.15, 0.2) is 6.29 Å². The molecule has 1 aliphatic rings. The maximum Gasteiger partial charge on any atom is 0.246 e. The Bertz CT molecular complexity index is 249. The number of aliphatic hydroxyl groups excluding tert-OH is 5. The monoisotopic (exact) mass is 237 g/mol. The second-order valence-electron chi connectivity index (χ2n) is 3.48. The fourth-order valence-corrected chi connectivity index (χ4v) is 1.48. The minimum atomic E-state index is -1.56. The SMILES string of the molecule is O=C(CO)N[C@H]1C(O)O[C@H](CO)[C@@H](O)[C@@H]1O. The largest absolute Gasteiger partial charge is 0.394 e. The lowest BCUT2D eigenvalue weighted by Crippen LogP contribution is -2.64. The Balaban J connectivity index is 2.67. The van der Waals surface area contributed by atoms with Gasteiger partial charge in [-0.3, -0.25) is 4.79 Å². The van der Waals surface area contributed by atoms with Crippen LogP contribution in [0.5, 0.6) is 0 Å². The van der Waals surface area contributed by atoms with Gasteiger partial charge in [-0.1, -0.05) is 0 Å². The zero-order chi connectivity index (χ0) is 12.3. The number of nitrogens with one attached hydrogen (secondary N) is 1. The van der Waals surface area contributed by atoms with E-state index in [4.69, 9.17) is 14.9 Å². The first-order chi connectivity index (χ1) is 7.51. The Labute approximate surface area is 91.1 Å². The summed E-state index contributed by atoms with van der Waals surface area (Å²) in [4.78, 5) is 10.9. The van der Waals surface area contributed by atoms with Crippen LogP contribution in [0.4, 0.5) is 0 Å². The summed E-state index contributed by atoms with van der Waals surface area (Å²) < 4.78 is 4.78. The zero-order valence-electron chi connectivity index (χ0n) is 8.35. The van der Waals surface area contributed by atoms with Gasteiger partial charge in [0.2, 0.25) is 5.91 Å². The van der Waals surface area contributed by atoms with E-state index in [1.165, 1.54) is 0 Å². The predicted molar refractivity (Wildman–Crippen MR) is 49.0 cm³/mol. The molecule has 1 fully saturated rings. The average Bonchev–Trinajstić information content (AvgIpc) is 2.28. The Hall–Kier alpha value is -0.770. The summed E-state index contributed by atoms with van der Waals surface area (Å²) in [5.41, 5.74) is 0. The molecule has 1 unspecified atom stereocenters. The molecule has 0 aromatic carbocycles. The predicted octanol–water partition coefficient (Wildman–Crippen LogP) is -4.11. The Kier molecular flexibility index (Phi) is 4.59. The van der Waals surface area contributed by atoms with Crippen LogP contribution >= 0.6 is 0 Å². The summed E-state index contributed by atoms with van der Waals surface area (Å²) >= 11 is 0. The number of rotatable bonds is 3. The van der Waals surface area contributed by atoms with E-state index in [1.54, 1.807) is 0 Å². The molecule has 1 aliphatic heterocycles. The molecular weight excluding hydrogens is 222 g/mol. The van der Waals surface area contributed by atoms with Crippen LogP contribution in [0.2, 0.25) is 0 Å². The highest BCUT2D eigenvalue weighted by Gasteiger charge is 2.44. The minimum Gasteiger partial charge on any atom is -0.394 e. The van der Waals surface area contributed by atoms with Crippen molar-refractivity contribution in [3.63, 3.8) is 0 Å². The quantitative estimate of drug-likeness (QED) is 0.293. The molecule has 0 spiro atoms. The molecule has 94 valence electrons. The van der Waals surface area contributed by atoms with Crippen molar-refractivity contribution in [2.24, 2.45) is 0 Å². The van der Waals surface area contributed by atoms with Crippen molar-refractivity contribution in [2.75, 3.05) is 13.2 Å². The number of carbonyl (C=O) groups is 1. The molecule has 1 rings (SSSR count).